The number of carbonyl (C=O) groups excluding carboxylic acids is 2. The van der Waals surface area contributed by atoms with Gasteiger partial charge in [0.05, 0.1) is 11.1 Å². The molecule has 0 fully saturated rings. The zero-order valence-corrected chi connectivity index (χ0v) is 15.9. The molecule has 2 rings (SSSR count). The zero-order chi connectivity index (χ0) is 20.5. The minimum atomic E-state index is -0.596. The number of nitro groups is 1. The van der Waals surface area contributed by atoms with E-state index in [1.165, 1.54) is 18.3 Å². The Hall–Kier alpha value is -3.26. The number of nitrogens with one attached hydrogen (secondary N) is 2. The SMILES string of the molecule is CCCCC(=O)Nc1ccc(C(=O)N/N=C/c2ccc(Cl)c([N+](=O)[O-])c2)cc1. The van der Waals surface area contributed by atoms with Crippen molar-refractivity contribution in [3.05, 3.63) is 68.7 Å². The molecule has 0 radical (unpaired) electrons. The number of hydrogen-bond donors (Lipinski definition) is 2. The van der Waals surface area contributed by atoms with Crippen molar-refractivity contribution in [1.82, 2.24) is 5.43 Å². The van der Waals surface area contributed by atoms with E-state index in [1.807, 2.05) is 6.92 Å². The summed E-state index contributed by atoms with van der Waals surface area (Å²) in [6, 6.07) is 10.6. The molecule has 0 aromatic heterocycles. The van der Waals surface area contributed by atoms with E-state index in [9.17, 15) is 19.7 Å². The molecule has 0 unspecified atom stereocenters. The summed E-state index contributed by atoms with van der Waals surface area (Å²) >= 11 is 5.74. The van der Waals surface area contributed by atoms with E-state index in [-0.39, 0.29) is 16.6 Å². The Morgan fingerprint density at radius 3 is 2.57 bits per heavy atom. The lowest BCUT2D eigenvalue weighted by Crippen LogP contribution is -2.17. The molecule has 2 amide bonds. The van der Waals surface area contributed by atoms with E-state index >= 15 is 0 Å². The van der Waals surface area contributed by atoms with Crippen molar-refractivity contribution in [3.63, 3.8) is 0 Å². The van der Waals surface area contributed by atoms with Gasteiger partial charge in [-0.15, -0.1) is 0 Å². The normalized spacial score (nSPS) is 10.6. The highest BCUT2D eigenvalue weighted by Gasteiger charge is 2.12. The zero-order valence-electron chi connectivity index (χ0n) is 15.1. The van der Waals surface area contributed by atoms with Crippen LogP contribution in [0.25, 0.3) is 0 Å². The van der Waals surface area contributed by atoms with Crippen LogP contribution in [0, 0.1) is 10.1 Å². The second kappa shape index (κ2) is 10.2. The highest BCUT2D eigenvalue weighted by atomic mass is 35.5. The Labute approximate surface area is 166 Å². The van der Waals surface area contributed by atoms with Crippen molar-refractivity contribution < 1.29 is 14.5 Å². The maximum atomic E-state index is 12.1. The Morgan fingerprint density at radius 1 is 1.21 bits per heavy atom. The van der Waals surface area contributed by atoms with Crippen LogP contribution in [-0.4, -0.2) is 23.0 Å². The fourth-order valence-corrected chi connectivity index (χ4v) is 2.43. The van der Waals surface area contributed by atoms with E-state index in [4.69, 9.17) is 11.6 Å². The lowest BCUT2D eigenvalue weighted by atomic mass is 10.2. The molecule has 0 spiro atoms. The van der Waals surface area contributed by atoms with Gasteiger partial charge in [-0.25, -0.2) is 5.43 Å². The van der Waals surface area contributed by atoms with Crippen molar-refractivity contribution in [2.24, 2.45) is 5.10 Å². The summed E-state index contributed by atoms with van der Waals surface area (Å²) in [6.45, 7) is 2.01. The van der Waals surface area contributed by atoms with Gasteiger partial charge in [0, 0.05) is 29.3 Å². The molecule has 0 aliphatic carbocycles. The third kappa shape index (κ3) is 6.17. The minimum Gasteiger partial charge on any atom is -0.326 e. The second-order valence-electron chi connectivity index (χ2n) is 5.90. The Morgan fingerprint density at radius 2 is 1.93 bits per heavy atom. The molecule has 28 heavy (non-hydrogen) atoms. The Kier molecular flexibility index (Phi) is 7.65. The van der Waals surface area contributed by atoms with E-state index in [2.05, 4.69) is 15.8 Å². The highest BCUT2D eigenvalue weighted by molar-refractivity contribution is 6.32. The lowest BCUT2D eigenvalue weighted by Gasteiger charge is -2.06. The summed E-state index contributed by atoms with van der Waals surface area (Å²) < 4.78 is 0. The highest BCUT2D eigenvalue weighted by Crippen LogP contribution is 2.24. The smallest absolute Gasteiger partial charge is 0.288 e. The van der Waals surface area contributed by atoms with Gasteiger partial charge in [0.25, 0.3) is 11.6 Å². The number of hydrazone groups is 1. The molecule has 9 heteroatoms. The number of halogens is 1. The maximum Gasteiger partial charge on any atom is 0.288 e. The van der Waals surface area contributed by atoms with E-state index < -0.39 is 10.8 Å². The molecule has 0 saturated carbocycles. The molecule has 0 aliphatic rings. The first-order chi connectivity index (χ1) is 13.4. The van der Waals surface area contributed by atoms with Crippen LogP contribution in [-0.2, 0) is 4.79 Å². The van der Waals surface area contributed by atoms with Gasteiger partial charge in [0.1, 0.15) is 5.02 Å². The molecule has 2 aromatic rings. The van der Waals surface area contributed by atoms with E-state index in [0.717, 1.165) is 12.8 Å². The topological polar surface area (TPSA) is 114 Å². The number of benzene rings is 2. The van der Waals surface area contributed by atoms with E-state index in [1.54, 1.807) is 30.3 Å². The quantitative estimate of drug-likeness (QED) is 0.392. The first-order valence-electron chi connectivity index (χ1n) is 8.58. The largest absolute Gasteiger partial charge is 0.326 e. The number of nitro benzene ring substituents is 1. The number of anilines is 1. The maximum absolute atomic E-state index is 12.1. The average Bonchev–Trinajstić information content (AvgIpc) is 2.68. The molecule has 146 valence electrons. The summed E-state index contributed by atoms with van der Waals surface area (Å²) in [5.74, 6) is -0.524. The van der Waals surface area contributed by atoms with E-state index in [0.29, 0.717) is 23.2 Å². The minimum absolute atomic E-state index is 0.0214. The molecular weight excluding hydrogens is 384 g/mol. The lowest BCUT2D eigenvalue weighted by molar-refractivity contribution is -0.384. The van der Waals surface area contributed by atoms with Crippen LogP contribution in [0.3, 0.4) is 0 Å². The molecule has 2 aromatic carbocycles. The number of rotatable bonds is 8. The monoisotopic (exact) mass is 402 g/mol. The third-order valence-electron chi connectivity index (χ3n) is 3.73. The fourth-order valence-electron chi connectivity index (χ4n) is 2.25. The molecule has 8 nitrogen and oxygen atoms in total. The molecule has 0 heterocycles. The van der Waals surface area contributed by atoms with Crippen LogP contribution < -0.4 is 10.7 Å². The van der Waals surface area contributed by atoms with Gasteiger partial charge >= 0.3 is 0 Å². The summed E-state index contributed by atoms with van der Waals surface area (Å²) in [5.41, 5.74) is 3.47. The van der Waals surface area contributed by atoms with Crippen molar-refractivity contribution in [3.8, 4) is 0 Å². The van der Waals surface area contributed by atoms with Crippen LogP contribution in [0.1, 0.15) is 42.1 Å². The first-order valence-corrected chi connectivity index (χ1v) is 8.95. The van der Waals surface area contributed by atoms with Crippen LogP contribution in [0.2, 0.25) is 5.02 Å². The van der Waals surface area contributed by atoms with Crippen LogP contribution in [0.15, 0.2) is 47.6 Å². The molecule has 0 saturated heterocycles. The number of carbonyl (C=O) groups is 2. The fraction of sp³-hybridized carbons (Fsp3) is 0.211. The van der Waals surface area contributed by atoms with Gasteiger partial charge < -0.3 is 5.32 Å². The van der Waals surface area contributed by atoms with Gasteiger partial charge in [-0.3, -0.25) is 19.7 Å². The summed E-state index contributed by atoms with van der Waals surface area (Å²) in [7, 11) is 0. The van der Waals surface area contributed by atoms with Crippen LogP contribution in [0.5, 0.6) is 0 Å². The van der Waals surface area contributed by atoms with Crippen LogP contribution >= 0.6 is 11.6 Å². The first kappa shape index (κ1) is 21.0. The van der Waals surface area contributed by atoms with Crippen molar-refractivity contribution >= 4 is 41.0 Å². The average molecular weight is 403 g/mol. The van der Waals surface area contributed by atoms with Gasteiger partial charge in [0.15, 0.2) is 0 Å². The predicted molar refractivity (Wildman–Crippen MR) is 108 cm³/mol. The number of hydrogen-bond acceptors (Lipinski definition) is 5. The van der Waals surface area contributed by atoms with Crippen LogP contribution in [0.4, 0.5) is 11.4 Å². The second-order valence-corrected chi connectivity index (χ2v) is 6.30. The Bertz CT molecular complexity index is 897. The number of unbranched alkanes of at least 4 members (excludes halogenated alkanes) is 1. The molecule has 2 N–H and O–H groups in total. The molecular formula is C19H19ClN4O4. The summed E-state index contributed by atoms with van der Waals surface area (Å²) in [4.78, 5) is 34.1. The molecule has 0 aliphatic heterocycles. The van der Waals surface area contributed by atoms with Crippen molar-refractivity contribution in [1.29, 1.82) is 0 Å². The summed E-state index contributed by atoms with van der Waals surface area (Å²) in [6.07, 6.45) is 3.50. The standard InChI is InChI=1S/C19H19ClN4O4/c1-2-3-4-18(25)22-15-8-6-14(7-9-15)19(26)23-21-12-13-5-10-16(20)17(11-13)24(27)28/h5-12H,2-4H2,1H3,(H,22,25)(H,23,26)/b21-12+. The van der Waals surface area contributed by atoms with Gasteiger partial charge in [-0.2, -0.15) is 5.10 Å². The number of nitrogens with zero attached hydrogens (tertiary/aromatic N) is 2. The van der Waals surface area contributed by atoms with Gasteiger partial charge in [-0.05, 0) is 36.8 Å². The third-order valence-corrected chi connectivity index (χ3v) is 4.05. The van der Waals surface area contributed by atoms with Crippen molar-refractivity contribution in [2.45, 2.75) is 26.2 Å². The Balaban J connectivity index is 1.94. The summed E-state index contributed by atoms with van der Waals surface area (Å²) in [5, 5.41) is 17.4. The van der Waals surface area contributed by atoms with Gasteiger partial charge in [-0.1, -0.05) is 31.0 Å². The molecule has 0 atom stereocenters. The molecule has 0 bridgehead atoms. The predicted octanol–water partition coefficient (Wildman–Crippen LogP) is 4.14. The van der Waals surface area contributed by atoms with Gasteiger partial charge in [0.2, 0.25) is 5.91 Å². The number of amides is 2. The van der Waals surface area contributed by atoms with Crippen molar-refractivity contribution in [2.75, 3.05) is 5.32 Å².